The molecule has 0 aliphatic carbocycles. The van der Waals surface area contributed by atoms with Gasteiger partial charge in [0.05, 0.1) is 0 Å². The average molecular weight is 239 g/mol. The Morgan fingerprint density at radius 3 is 2.76 bits per heavy atom. The lowest BCUT2D eigenvalue weighted by Crippen LogP contribution is -2.38. The number of piperidine rings is 1. The molecule has 98 valence electrons. The fraction of sp³-hybridized carbons (Fsp3) is 0.923. The molecule has 17 heavy (non-hydrogen) atoms. The fourth-order valence-corrected chi connectivity index (χ4v) is 2.89. The Hall–Kier alpha value is -0.610. The Bertz CT molecular complexity index is 251. The topological polar surface area (TPSA) is 44.4 Å². The number of carbonyl (C=O) groups excluding carboxylic acids is 1. The second kappa shape index (κ2) is 6.36. The van der Waals surface area contributed by atoms with E-state index in [1.165, 1.54) is 19.5 Å². The number of amides is 1. The van der Waals surface area contributed by atoms with Crippen LogP contribution in [0.1, 0.15) is 25.7 Å². The summed E-state index contributed by atoms with van der Waals surface area (Å²) in [4.78, 5) is 14.3. The molecule has 1 atom stereocenters. The van der Waals surface area contributed by atoms with Crippen molar-refractivity contribution in [3.05, 3.63) is 0 Å². The molecule has 2 saturated heterocycles. The molecule has 1 unspecified atom stereocenters. The van der Waals surface area contributed by atoms with Gasteiger partial charge in [-0.15, -0.1) is 0 Å². The first-order valence-corrected chi connectivity index (χ1v) is 6.92. The first-order valence-electron chi connectivity index (χ1n) is 6.92. The molecule has 4 nitrogen and oxygen atoms in total. The van der Waals surface area contributed by atoms with Gasteiger partial charge >= 0.3 is 0 Å². The van der Waals surface area contributed by atoms with Gasteiger partial charge in [0.25, 0.3) is 0 Å². The van der Waals surface area contributed by atoms with E-state index in [1.54, 1.807) is 0 Å². The Balaban J connectivity index is 1.59. The summed E-state index contributed by atoms with van der Waals surface area (Å²) in [6, 6.07) is 0. The monoisotopic (exact) mass is 239 g/mol. The molecule has 2 heterocycles. The summed E-state index contributed by atoms with van der Waals surface area (Å²) in [5.41, 5.74) is 0. The minimum atomic E-state index is 0.252. The highest BCUT2D eigenvalue weighted by Gasteiger charge is 2.22. The SMILES string of the molecule is CN1CCC(CCNC(=O)C2CCNCC2)C1. The van der Waals surface area contributed by atoms with Crippen molar-refractivity contribution in [2.45, 2.75) is 25.7 Å². The molecule has 0 aromatic heterocycles. The molecule has 0 aromatic carbocycles. The van der Waals surface area contributed by atoms with E-state index >= 15 is 0 Å². The van der Waals surface area contributed by atoms with Crippen LogP contribution < -0.4 is 10.6 Å². The zero-order valence-electron chi connectivity index (χ0n) is 10.9. The second-order valence-corrected chi connectivity index (χ2v) is 5.52. The van der Waals surface area contributed by atoms with Gasteiger partial charge < -0.3 is 15.5 Å². The van der Waals surface area contributed by atoms with E-state index in [0.717, 1.165) is 44.8 Å². The largest absolute Gasteiger partial charge is 0.356 e. The van der Waals surface area contributed by atoms with Crippen LogP contribution in [-0.4, -0.2) is 50.6 Å². The molecule has 0 bridgehead atoms. The van der Waals surface area contributed by atoms with Crippen molar-refractivity contribution in [3.8, 4) is 0 Å². The van der Waals surface area contributed by atoms with Gasteiger partial charge in [0.15, 0.2) is 0 Å². The Labute approximate surface area is 104 Å². The van der Waals surface area contributed by atoms with Crippen molar-refractivity contribution in [1.82, 2.24) is 15.5 Å². The van der Waals surface area contributed by atoms with Gasteiger partial charge in [0, 0.05) is 19.0 Å². The number of hydrogen-bond acceptors (Lipinski definition) is 3. The second-order valence-electron chi connectivity index (χ2n) is 5.52. The van der Waals surface area contributed by atoms with Crippen molar-refractivity contribution < 1.29 is 4.79 Å². The molecular weight excluding hydrogens is 214 g/mol. The summed E-state index contributed by atoms with van der Waals surface area (Å²) in [6.45, 7) is 5.26. The van der Waals surface area contributed by atoms with E-state index in [9.17, 15) is 4.79 Å². The quantitative estimate of drug-likeness (QED) is 0.748. The standard InChI is InChI=1S/C13H25N3O/c1-16-9-5-11(10-16)2-8-15-13(17)12-3-6-14-7-4-12/h11-12,14H,2-10H2,1H3,(H,15,17). The highest BCUT2D eigenvalue weighted by atomic mass is 16.1. The molecule has 2 aliphatic heterocycles. The fourth-order valence-electron chi connectivity index (χ4n) is 2.89. The maximum atomic E-state index is 11.9. The van der Waals surface area contributed by atoms with Crippen LogP contribution in [0.15, 0.2) is 0 Å². The van der Waals surface area contributed by atoms with Gasteiger partial charge in [-0.25, -0.2) is 0 Å². The van der Waals surface area contributed by atoms with E-state index < -0.39 is 0 Å². The number of rotatable bonds is 4. The lowest BCUT2D eigenvalue weighted by Gasteiger charge is -2.22. The number of nitrogens with zero attached hydrogens (tertiary/aromatic N) is 1. The molecule has 2 N–H and O–H groups in total. The van der Waals surface area contributed by atoms with Crippen molar-refractivity contribution in [2.24, 2.45) is 11.8 Å². The molecular formula is C13H25N3O. The lowest BCUT2D eigenvalue weighted by molar-refractivity contribution is -0.125. The molecule has 1 amide bonds. The third-order valence-electron chi connectivity index (χ3n) is 4.05. The zero-order chi connectivity index (χ0) is 12.1. The van der Waals surface area contributed by atoms with Gasteiger partial charge in [-0.3, -0.25) is 4.79 Å². The predicted molar refractivity (Wildman–Crippen MR) is 68.8 cm³/mol. The Morgan fingerprint density at radius 1 is 1.35 bits per heavy atom. The van der Waals surface area contributed by atoms with E-state index in [0.29, 0.717) is 0 Å². The van der Waals surface area contributed by atoms with Crippen molar-refractivity contribution in [1.29, 1.82) is 0 Å². The number of hydrogen-bond donors (Lipinski definition) is 2. The summed E-state index contributed by atoms with van der Waals surface area (Å²) >= 11 is 0. The molecule has 0 spiro atoms. The summed E-state index contributed by atoms with van der Waals surface area (Å²) in [5.74, 6) is 1.31. The molecule has 4 heteroatoms. The first-order chi connectivity index (χ1) is 8.25. The smallest absolute Gasteiger partial charge is 0.223 e. The Kier molecular flexibility index (Phi) is 4.80. The van der Waals surface area contributed by atoms with E-state index in [4.69, 9.17) is 0 Å². The van der Waals surface area contributed by atoms with Crippen LogP contribution in [0.2, 0.25) is 0 Å². The highest BCUT2D eigenvalue weighted by molar-refractivity contribution is 5.78. The number of likely N-dealkylation sites (tertiary alicyclic amines) is 1. The molecule has 0 saturated carbocycles. The van der Waals surface area contributed by atoms with Crippen LogP contribution in [0.25, 0.3) is 0 Å². The summed E-state index contributed by atoms with van der Waals surface area (Å²) in [7, 11) is 2.17. The average Bonchev–Trinajstić information content (AvgIpc) is 2.76. The normalized spacial score (nSPS) is 27.2. The van der Waals surface area contributed by atoms with Crippen LogP contribution in [0.4, 0.5) is 0 Å². The molecule has 0 radical (unpaired) electrons. The third-order valence-corrected chi connectivity index (χ3v) is 4.05. The van der Waals surface area contributed by atoms with Crippen LogP contribution in [0.5, 0.6) is 0 Å². The zero-order valence-corrected chi connectivity index (χ0v) is 10.9. The Morgan fingerprint density at radius 2 is 2.12 bits per heavy atom. The molecule has 2 fully saturated rings. The van der Waals surface area contributed by atoms with Crippen LogP contribution >= 0.6 is 0 Å². The molecule has 0 aromatic rings. The first kappa shape index (κ1) is 12.8. The molecule has 2 aliphatic rings. The maximum Gasteiger partial charge on any atom is 0.223 e. The maximum absolute atomic E-state index is 11.9. The highest BCUT2D eigenvalue weighted by Crippen LogP contribution is 2.17. The minimum Gasteiger partial charge on any atom is -0.356 e. The van der Waals surface area contributed by atoms with Gasteiger partial charge in [-0.05, 0) is 58.3 Å². The van der Waals surface area contributed by atoms with Crippen LogP contribution in [0.3, 0.4) is 0 Å². The summed E-state index contributed by atoms with van der Waals surface area (Å²) in [6.07, 6.45) is 4.43. The summed E-state index contributed by atoms with van der Waals surface area (Å²) in [5, 5.41) is 6.40. The van der Waals surface area contributed by atoms with Crippen molar-refractivity contribution in [2.75, 3.05) is 39.8 Å². The van der Waals surface area contributed by atoms with Crippen molar-refractivity contribution in [3.63, 3.8) is 0 Å². The van der Waals surface area contributed by atoms with Crippen LogP contribution in [-0.2, 0) is 4.79 Å². The lowest BCUT2D eigenvalue weighted by atomic mass is 9.97. The minimum absolute atomic E-state index is 0.252. The number of carbonyl (C=O) groups is 1. The predicted octanol–water partition coefficient (Wildman–Crippen LogP) is 0.444. The van der Waals surface area contributed by atoms with Gasteiger partial charge in [-0.1, -0.05) is 0 Å². The van der Waals surface area contributed by atoms with Crippen molar-refractivity contribution >= 4 is 5.91 Å². The number of nitrogens with one attached hydrogen (secondary N) is 2. The van der Waals surface area contributed by atoms with E-state index in [2.05, 4.69) is 22.6 Å². The van der Waals surface area contributed by atoms with Gasteiger partial charge in [-0.2, -0.15) is 0 Å². The van der Waals surface area contributed by atoms with E-state index in [-0.39, 0.29) is 11.8 Å². The third kappa shape index (κ3) is 3.96. The van der Waals surface area contributed by atoms with E-state index in [1.807, 2.05) is 0 Å². The molecule has 2 rings (SSSR count). The summed E-state index contributed by atoms with van der Waals surface area (Å²) < 4.78 is 0. The van der Waals surface area contributed by atoms with Crippen LogP contribution in [0, 0.1) is 11.8 Å². The van der Waals surface area contributed by atoms with Gasteiger partial charge in [0.2, 0.25) is 5.91 Å². The van der Waals surface area contributed by atoms with Gasteiger partial charge in [0.1, 0.15) is 0 Å².